The molecule has 200 valence electrons. The van der Waals surface area contributed by atoms with Gasteiger partial charge in [-0.2, -0.15) is 0 Å². The molecule has 0 aliphatic rings. The van der Waals surface area contributed by atoms with Gasteiger partial charge in [-0.05, 0) is 94.5 Å². The van der Waals surface area contributed by atoms with E-state index in [0.29, 0.717) is 0 Å². The summed E-state index contributed by atoms with van der Waals surface area (Å²) in [6.45, 7) is 0. The fourth-order valence-electron chi connectivity index (χ4n) is 7.00. The molecule has 0 radical (unpaired) electrons. The minimum absolute atomic E-state index is 0.704. The first-order chi connectivity index (χ1) is 21.3. The van der Waals surface area contributed by atoms with Gasteiger partial charge in [0.1, 0.15) is 0 Å². The summed E-state index contributed by atoms with van der Waals surface area (Å²) in [5, 5.41) is 19.8. The van der Waals surface area contributed by atoms with Gasteiger partial charge in [0.2, 0.25) is 0 Å². The second kappa shape index (κ2) is 9.77. The largest absolute Gasteiger partial charge is 0.0622 e. The van der Waals surface area contributed by atoms with E-state index in [1.807, 2.05) is 0 Å². The van der Waals surface area contributed by atoms with Gasteiger partial charge in [0.05, 0.1) is 0 Å². The van der Waals surface area contributed by atoms with E-state index in [-0.39, 0.29) is 0 Å². The van der Waals surface area contributed by atoms with Crippen LogP contribution in [0.25, 0.3) is 64.6 Å². The smallest absolute Gasteiger partial charge is 0.00141 e. The molecule has 0 nitrogen and oxygen atoms in total. The molecular weight excluding hydrogens is 535 g/mol. The molecule has 0 atom stereocenters. The summed E-state index contributed by atoms with van der Waals surface area (Å²) >= 11 is 0. The molecule has 0 aromatic heterocycles. The van der Waals surface area contributed by atoms with Gasteiger partial charge in [0.25, 0.3) is 0 Å². The third-order valence-corrected chi connectivity index (χ3v) is 11.4. The topological polar surface area (TPSA) is 0 Å². The molecule has 0 bridgehead atoms. The molecule has 0 aliphatic heterocycles. The Morgan fingerprint density at radius 3 is 1.21 bits per heavy atom. The lowest BCUT2D eigenvalue weighted by Gasteiger charge is -2.20. The van der Waals surface area contributed by atoms with Crippen LogP contribution in [0.5, 0.6) is 0 Å². The zero-order chi connectivity index (χ0) is 28.3. The molecule has 0 saturated carbocycles. The van der Waals surface area contributed by atoms with Crippen LogP contribution in [0.3, 0.4) is 0 Å². The monoisotopic (exact) mass is 562 g/mol. The summed E-state index contributed by atoms with van der Waals surface area (Å²) in [4.78, 5) is 0. The molecule has 43 heavy (non-hydrogen) atoms. The van der Waals surface area contributed by atoms with Crippen LogP contribution in [-0.4, -0.2) is 0 Å². The summed E-state index contributed by atoms with van der Waals surface area (Å²) < 4.78 is 0. The van der Waals surface area contributed by atoms with Crippen molar-refractivity contribution in [1.82, 2.24) is 0 Å². The molecule has 0 unspecified atom stereocenters. The Morgan fingerprint density at radius 1 is 0.256 bits per heavy atom. The SMILES string of the molecule is c1ccc(P(c2ccccc2)c2ccc3ccc4ccc5ccc6ccc7ccc8ccccc8c7c6c5c4c3c2)cc1. The maximum atomic E-state index is 2.49. The first-order valence-corrected chi connectivity index (χ1v) is 16.2. The predicted octanol–water partition coefficient (Wildman–Crippen LogP) is 10.4. The fourth-order valence-corrected chi connectivity index (χ4v) is 9.32. The van der Waals surface area contributed by atoms with E-state index < -0.39 is 7.92 Å². The van der Waals surface area contributed by atoms with Crippen LogP contribution in [0, 0.1) is 0 Å². The van der Waals surface area contributed by atoms with Gasteiger partial charge in [-0.3, -0.25) is 0 Å². The van der Waals surface area contributed by atoms with E-state index >= 15 is 0 Å². The van der Waals surface area contributed by atoms with E-state index in [9.17, 15) is 0 Å². The van der Waals surface area contributed by atoms with Gasteiger partial charge in [0, 0.05) is 0 Å². The minimum Gasteiger partial charge on any atom is -0.0622 e. The summed E-state index contributed by atoms with van der Waals surface area (Å²) in [6.07, 6.45) is 0. The maximum absolute atomic E-state index is 2.49. The van der Waals surface area contributed by atoms with E-state index in [1.54, 1.807) is 0 Å². The quantitative estimate of drug-likeness (QED) is 0.148. The Bertz CT molecular complexity index is 2430. The van der Waals surface area contributed by atoms with E-state index in [1.165, 1.54) is 80.5 Å². The summed E-state index contributed by atoms with van der Waals surface area (Å²) in [5.74, 6) is 0. The van der Waals surface area contributed by atoms with Crippen molar-refractivity contribution < 1.29 is 0 Å². The van der Waals surface area contributed by atoms with Crippen molar-refractivity contribution in [3.63, 3.8) is 0 Å². The summed E-state index contributed by atoms with van der Waals surface area (Å²) in [7, 11) is -0.704. The molecule has 0 heterocycles. The Morgan fingerprint density at radius 2 is 0.651 bits per heavy atom. The van der Waals surface area contributed by atoms with Crippen LogP contribution >= 0.6 is 7.92 Å². The fraction of sp³-hybridized carbons (Fsp3) is 0. The number of hydrogen-bond donors (Lipinski definition) is 0. The van der Waals surface area contributed by atoms with Crippen molar-refractivity contribution in [2.24, 2.45) is 0 Å². The lowest BCUT2D eigenvalue weighted by atomic mass is 9.89. The Hall–Kier alpha value is -5.03. The van der Waals surface area contributed by atoms with Gasteiger partial charge < -0.3 is 0 Å². The average Bonchev–Trinajstić information content (AvgIpc) is 3.08. The van der Waals surface area contributed by atoms with Crippen LogP contribution < -0.4 is 15.9 Å². The molecule has 9 rings (SSSR count). The summed E-state index contributed by atoms with van der Waals surface area (Å²) in [5.41, 5.74) is 0. The highest BCUT2D eigenvalue weighted by molar-refractivity contribution is 7.79. The van der Waals surface area contributed by atoms with Gasteiger partial charge in [-0.1, -0.05) is 158 Å². The van der Waals surface area contributed by atoms with Crippen LogP contribution in [0.4, 0.5) is 0 Å². The molecule has 9 aromatic rings. The van der Waals surface area contributed by atoms with Crippen LogP contribution in [-0.2, 0) is 0 Å². The molecule has 0 spiro atoms. The Kier molecular flexibility index (Phi) is 5.58. The van der Waals surface area contributed by atoms with Gasteiger partial charge in [-0.15, -0.1) is 0 Å². The first-order valence-electron chi connectivity index (χ1n) is 14.9. The second-order valence-electron chi connectivity index (χ2n) is 11.4. The minimum atomic E-state index is -0.704. The third kappa shape index (κ3) is 3.88. The zero-order valence-corrected chi connectivity index (χ0v) is 24.4. The molecule has 0 saturated heterocycles. The van der Waals surface area contributed by atoms with E-state index in [0.717, 1.165) is 0 Å². The number of rotatable bonds is 3. The molecule has 0 fully saturated rings. The number of fused-ring (bicyclic) bond motifs is 11. The molecule has 0 amide bonds. The maximum Gasteiger partial charge on any atom is -0.00141 e. The molecule has 0 N–H and O–H groups in total. The molecular formula is C42H27P. The van der Waals surface area contributed by atoms with Crippen molar-refractivity contribution in [2.45, 2.75) is 0 Å². The van der Waals surface area contributed by atoms with Crippen LogP contribution in [0.1, 0.15) is 0 Å². The summed E-state index contributed by atoms with van der Waals surface area (Å²) in [6, 6.07) is 60.9. The molecule has 1 heteroatoms. The number of hydrogen-bond acceptors (Lipinski definition) is 0. The number of benzene rings is 9. The van der Waals surface area contributed by atoms with Crippen molar-refractivity contribution >= 4 is 88.5 Å². The lowest BCUT2D eigenvalue weighted by molar-refractivity contribution is 1.75. The van der Waals surface area contributed by atoms with Gasteiger partial charge in [0.15, 0.2) is 0 Å². The van der Waals surface area contributed by atoms with Gasteiger partial charge in [-0.25, -0.2) is 0 Å². The highest BCUT2D eigenvalue weighted by Crippen LogP contribution is 2.42. The molecule has 9 aromatic carbocycles. The lowest BCUT2D eigenvalue weighted by Crippen LogP contribution is -2.20. The second-order valence-corrected chi connectivity index (χ2v) is 13.6. The van der Waals surface area contributed by atoms with Crippen molar-refractivity contribution in [2.75, 3.05) is 0 Å². The highest BCUT2D eigenvalue weighted by atomic mass is 31.1. The van der Waals surface area contributed by atoms with Gasteiger partial charge >= 0.3 is 0 Å². The first kappa shape index (κ1) is 24.6. The standard InChI is InChI=1S/C42H27P/c1-3-10-34(11-4-1)43(35-12-5-2-6-13-35)36-26-25-29-16-18-31-20-22-33-24-23-32-21-19-30-17-15-28-9-7-8-14-37(28)39(30)41(32)42(33)40(31)38(29)27-36/h1-27H. The van der Waals surface area contributed by atoms with Crippen molar-refractivity contribution in [3.8, 4) is 0 Å². The van der Waals surface area contributed by atoms with E-state index in [2.05, 4.69) is 164 Å². The zero-order valence-electron chi connectivity index (χ0n) is 23.5. The van der Waals surface area contributed by atoms with Crippen molar-refractivity contribution in [1.29, 1.82) is 0 Å². The van der Waals surface area contributed by atoms with Crippen LogP contribution in [0.15, 0.2) is 164 Å². The van der Waals surface area contributed by atoms with Crippen molar-refractivity contribution in [3.05, 3.63) is 164 Å². The molecule has 0 aliphatic carbocycles. The third-order valence-electron chi connectivity index (χ3n) is 8.94. The average molecular weight is 563 g/mol. The van der Waals surface area contributed by atoms with Crippen LogP contribution in [0.2, 0.25) is 0 Å². The predicted molar refractivity (Wildman–Crippen MR) is 190 cm³/mol. The highest BCUT2D eigenvalue weighted by Gasteiger charge is 2.18. The Labute approximate surface area is 251 Å². The normalized spacial score (nSPS) is 11.9. The van der Waals surface area contributed by atoms with E-state index in [4.69, 9.17) is 0 Å². The Balaban J connectivity index is 1.45.